The van der Waals surface area contributed by atoms with Crippen molar-refractivity contribution in [3.63, 3.8) is 0 Å². The second-order valence-corrected chi connectivity index (χ2v) is 7.54. The zero-order valence-corrected chi connectivity index (χ0v) is 16.1. The van der Waals surface area contributed by atoms with E-state index < -0.39 is 5.54 Å². The van der Waals surface area contributed by atoms with E-state index in [2.05, 4.69) is 41.9 Å². The molecular formula is C21H22BrNO2. The first-order valence-electron chi connectivity index (χ1n) is 8.46. The van der Waals surface area contributed by atoms with Gasteiger partial charge < -0.3 is 4.74 Å². The van der Waals surface area contributed by atoms with Gasteiger partial charge in [-0.25, -0.2) is 4.79 Å². The topological polar surface area (TPSA) is 29.5 Å². The molecule has 3 rings (SSSR count). The van der Waals surface area contributed by atoms with Crippen molar-refractivity contribution in [1.29, 1.82) is 0 Å². The molecule has 0 spiro atoms. The first kappa shape index (κ1) is 17.7. The van der Waals surface area contributed by atoms with Crippen molar-refractivity contribution < 1.29 is 9.53 Å². The van der Waals surface area contributed by atoms with Crippen LogP contribution in [-0.4, -0.2) is 23.1 Å². The molecule has 1 aliphatic rings. The molecule has 1 aliphatic heterocycles. The van der Waals surface area contributed by atoms with Gasteiger partial charge in [-0.2, -0.15) is 0 Å². The molecule has 2 aromatic rings. The molecule has 1 atom stereocenters. The minimum Gasteiger partial charge on any atom is -0.447 e. The monoisotopic (exact) mass is 399 g/mol. The predicted molar refractivity (Wildman–Crippen MR) is 104 cm³/mol. The van der Waals surface area contributed by atoms with E-state index in [1.165, 1.54) is 5.56 Å². The van der Waals surface area contributed by atoms with Crippen molar-refractivity contribution in [2.45, 2.75) is 25.8 Å². The summed E-state index contributed by atoms with van der Waals surface area (Å²) in [5.74, 6) is 0.242. The van der Waals surface area contributed by atoms with Crippen molar-refractivity contribution in [2.75, 3.05) is 6.61 Å². The smallest absolute Gasteiger partial charge is 0.414 e. The highest BCUT2D eigenvalue weighted by Gasteiger charge is 2.49. The molecule has 0 aliphatic carbocycles. The molecule has 0 radical (unpaired) electrons. The number of benzene rings is 2. The van der Waals surface area contributed by atoms with Gasteiger partial charge in [0.2, 0.25) is 0 Å². The minimum absolute atomic E-state index is 0.242. The lowest BCUT2D eigenvalue weighted by atomic mass is 9.80. The number of hydrogen-bond donors (Lipinski definition) is 0. The van der Waals surface area contributed by atoms with E-state index in [9.17, 15) is 4.79 Å². The number of carbonyl (C=O) groups is 1. The lowest BCUT2D eigenvalue weighted by Crippen LogP contribution is -2.50. The summed E-state index contributed by atoms with van der Waals surface area (Å²) < 4.78 is 6.34. The fourth-order valence-corrected chi connectivity index (χ4v) is 3.68. The molecular weight excluding hydrogens is 378 g/mol. The number of ether oxygens (including phenoxy) is 1. The Kier molecular flexibility index (Phi) is 5.28. The maximum atomic E-state index is 12.5. The minimum atomic E-state index is -0.397. The van der Waals surface area contributed by atoms with E-state index in [-0.39, 0.29) is 12.0 Å². The molecule has 0 bridgehead atoms. The zero-order chi connectivity index (χ0) is 17.9. The average molecular weight is 400 g/mol. The van der Waals surface area contributed by atoms with Crippen LogP contribution in [0.5, 0.6) is 0 Å². The predicted octanol–water partition coefficient (Wildman–Crippen LogP) is 5.47. The maximum Gasteiger partial charge on any atom is 0.414 e. The van der Waals surface area contributed by atoms with Gasteiger partial charge in [0.15, 0.2) is 0 Å². The van der Waals surface area contributed by atoms with Crippen LogP contribution in [-0.2, 0) is 11.2 Å². The second kappa shape index (κ2) is 7.44. The van der Waals surface area contributed by atoms with Crippen LogP contribution in [0, 0.1) is 5.92 Å². The third kappa shape index (κ3) is 3.64. The summed E-state index contributed by atoms with van der Waals surface area (Å²) in [5.41, 5.74) is 1.83. The van der Waals surface area contributed by atoms with Crippen LogP contribution in [0.1, 0.15) is 25.0 Å². The van der Waals surface area contributed by atoms with Gasteiger partial charge in [0.1, 0.15) is 6.61 Å². The fraction of sp³-hybridized carbons (Fsp3) is 0.286. The molecule has 0 saturated carbocycles. The van der Waals surface area contributed by atoms with Crippen molar-refractivity contribution >= 4 is 26.5 Å². The Morgan fingerprint density at radius 1 is 1.16 bits per heavy atom. The van der Waals surface area contributed by atoms with Crippen LogP contribution < -0.4 is 0 Å². The lowest BCUT2D eigenvalue weighted by Gasteiger charge is -2.37. The van der Waals surface area contributed by atoms with Crippen LogP contribution in [0.15, 0.2) is 66.9 Å². The highest BCUT2D eigenvalue weighted by Crippen LogP contribution is 2.37. The number of rotatable bonds is 5. The SMILES string of the molecule is CC(C)[C@@]1(Cc2ccccc2)COC(=O)N1/C=C(/Br)c1ccccc1. The second-order valence-electron chi connectivity index (χ2n) is 6.69. The number of nitrogens with zero attached hydrogens (tertiary/aromatic N) is 1. The van der Waals surface area contributed by atoms with E-state index in [4.69, 9.17) is 4.74 Å². The van der Waals surface area contributed by atoms with Gasteiger partial charge in [-0.1, -0.05) is 74.5 Å². The van der Waals surface area contributed by atoms with E-state index in [1.807, 2.05) is 54.7 Å². The van der Waals surface area contributed by atoms with Gasteiger partial charge in [-0.15, -0.1) is 0 Å². The number of carbonyl (C=O) groups excluding carboxylic acids is 1. The maximum absolute atomic E-state index is 12.5. The molecule has 3 nitrogen and oxygen atoms in total. The average Bonchev–Trinajstić information content (AvgIpc) is 2.94. The molecule has 1 heterocycles. The largest absolute Gasteiger partial charge is 0.447 e. The van der Waals surface area contributed by atoms with E-state index >= 15 is 0 Å². The van der Waals surface area contributed by atoms with Crippen LogP contribution in [0.2, 0.25) is 0 Å². The number of amides is 1. The summed E-state index contributed by atoms with van der Waals surface area (Å²) in [6, 6.07) is 20.2. The fourth-order valence-electron chi connectivity index (χ4n) is 3.21. The van der Waals surface area contributed by atoms with Gasteiger partial charge in [0.05, 0.1) is 5.54 Å². The Bertz CT molecular complexity index is 758. The van der Waals surface area contributed by atoms with Crippen molar-refractivity contribution in [1.82, 2.24) is 4.90 Å². The van der Waals surface area contributed by atoms with Gasteiger partial charge in [0.25, 0.3) is 0 Å². The molecule has 4 heteroatoms. The molecule has 1 amide bonds. The van der Waals surface area contributed by atoms with Crippen molar-refractivity contribution in [2.24, 2.45) is 5.92 Å². The Morgan fingerprint density at radius 2 is 1.76 bits per heavy atom. The molecule has 1 fully saturated rings. The third-order valence-corrected chi connectivity index (χ3v) is 5.50. The summed E-state index contributed by atoms with van der Waals surface area (Å²) in [6.45, 7) is 4.67. The molecule has 2 aromatic carbocycles. The molecule has 130 valence electrons. The van der Waals surface area contributed by atoms with Crippen molar-refractivity contribution in [3.8, 4) is 0 Å². The molecule has 0 N–H and O–H groups in total. The van der Waals surface area contributed by atoms with Gasteiger partial charge in [-0.05, 0) is 39.4 Å². The molecule has 25 heavy (non-hydrogen) atoms. The Hall–Kier alpha value is -2.07. The molecule has 1 saturated heterocycles. The van der Waals surface area contributed by atoms with Crippen LogP contribution >= 0.6 is 15.9 Å². The van der Waals surface area contributed by atoms with Gasteiger partial charge in [0, 0.05) is 10.7 Å². The van der Waals surface area contributed by atoms with E-state index in [1.54, 1.807) is 4.90 Å². The van der Waals surface area contributed by atoms with Crippen LogP contribution in [0.25, 0.3) is 4.48 Å². The Morgan fingerprint density at radius 3 is 2.36 bits per heavy atom. The molecule has 0 unspecified atom stereocenters. The summed E-state index contributed by atoms with van der Waals surface area (Å²) in [4.78, 5) is 14.3. The third-order valence-electron chi connectivity index (χ3n) is 4.84. The van der Waals surface area contributed by atoms with Crippen LogP contribution in [0.4, 0.5) is 4.79 Å². The molecule has 0 aromatic heterocycles. The highest BCUT2D eigenvalue weighted by atomic mass is 79.9. The lowest BCUT2D eigenvalue weighted by molar-refractivity contribution is 0.152. The van der Waals surface area contributed by atoms with E-state index in [0.717, 1.165) is 16.5 Å². The number of halogens is 1. The first-order chi connectivity index (χ1) is 12.0. The standard InChI is InChI=1S/C21H22BrNO2/c1-16(2)21(13-17-9-5-3-6-10-17)15-25-20(24)23(21)14-19(22)18-11-7-4-8-12-18/h3-12,14,16H,13,15H2,1-2H3/b19-14+/t21-/m1/s1. The Balaban J connectivity index is 1.98. The Labute approximate surface area is 157 Å². The summed E-state index contributed by atoms with van der Waals surface area (Å²) >= 11 is 3.62. The normalized spacial score (nSPS) is 20.9. The quantitative estimate of drug-likeness (QED) is 0.666. The highest BCUT2D eigenvalue weighted by molar-refractivity contribution is 9.15. The van der Waals surface area contributed by atoms with E-state index in [0.29, 0.717) is 6.61 Å². The number of cyclic esters (lactones) is 1. The summed E-state index contributed by atoms with van der Waals surface area (Å²) in [7, 11) is 0. The summed E-state index contributed by atoms with van der Waals surface area (Å²) in [6.07, 6.45) is 2.33. The summed E-state index contributed by atoms with van der Waals surface area (Å²) in [5, 5.41) is 0. The number of hydrogen-bond acceptors (Lipinski definition) is 2. The van der Waals surface area contributed by atoms with Crippen LogP contribution in [0.3, 0.4) is 0 Å². The van der Waals surface area contributed by atoms with Gasteiger partial charge in [-0.3, -0.25) is 4.90 Å². The first-order valence-corrected chi connectivity index (χ1v) is 9.25. The van der Waals surface area contributed by atoms with Crippen molar-refractivity contribution in [3.05, 3.63) is 78.0 Å². The zero-order valence-electron chi connectivity index (χ0n) is 14.5. The van der Waals surface area contributed by atoms with Gasteiger partial charge >= 0.3 is 6.09 Å².